The summed E-state index contributed by atoms with van der Waals surface area (Å²) in [7, 11) is -3.71. The van der Waals surface area contributed by atoms with Crippen molar-refractivity contribution in [1.82, 2.24) is 4.83 Å². The molecular weight excluding hydrogens is 300 g/mol. The molecule has 0 aliphatic rings. The second-order valence-corrected chi connectivity index (χ2v) is 6.77. The molecule has 6 heteroatoms. The third-order valence-electron chi connectivity index (χ3n) is 3.15. The SMILES string of the molecule is Cc1cc(C)c(S(=O)(=O)N/N=C/c2ccc(O)cc2)c(C)c1. The molecule has 0 spiro atoms. The Bertz CT molecular complexity index is 787. The number of hydrazone groups is 1. The largest absolute Gasteiger partial charge is 0.508 e. The van der Waals surface area contributed by atoms with Crippen LogP contribution in [0.15, 0.2) is 46.4 Å². The predicted molar refractivity (Wildman–Crippen MR) is 86.7 cm³/mol. The molecular formula is C16H18N2O3S. The molecule has 2 aromatic rings. The normalized spacial score (nSPS) is 11.8. The molecule has 0 unspecified atom stereocenters. The van der Waals surface area contributed by atoms with Crippen molar-refractivity contribution in [3.8, 4) is 5.75 Å². The summed E-state index contributed by atoms with van der Waals surface area (Å²) in [5.74, 6) is 0.142. The molecule has 0 heterocycles. The van der Waals surface area contributed by atoms with E-state index in [0.29, 0.717) is 16.7 Å². The molecule has 2 aromatic carbocycles. The number of aromatic hydroxyl groups is 1. The standard InChI is InChI=1S/C16H18N2O3S/c1-11-8-12(2)16(13(3)9-11)22(20,21)18-17-10-14-4-6-15(19)7-5-14/h4-10,18-19H,1-3H3/b17-10+. The van der Waals surface area contributed by atoms with Crippen molar-refractivity contribution >= 4 is 16.2 Å². The van der Waals surface area contributed by atoms with Gasteiger partial charge in [-0.05, 0) is 61.7 Å². The van der Waals surface area contributed by atoms with Crippen molar-refractivity contribution in [2.75, 3.05) is 0 Å². The van der Waals surface area contributed by atoms with Crippen LogP contribution in [0.1, 0.15) is 22.3 Å². The van der Waals surface area contributed by atoms with Crippen molar-refractivity contribution in [3.05, 3.63) is 58.7 Å². The number of nitrogens with zero attached hydrogens (tertiary/aromatic N) is 1. The Balaban J connectivity index is 2.23. The lowest BCUT2D eigenvalue weighted by molar-refractivity contribution is 0.475. The maximum Gasteiger partial charge on any atom is 0.277 e. The van der Waals surface area contributed by atoms with Crippen LogP contribution < -0.4 is 4.83 Å². The van der Waals surface area contributed by atoms with Crippen LogP contribution in [0.4, 0.5) is 0 Å². The summed E-state index contributed by atoms with van der Waals surface area (Å²) in [5.41, 5.74) is 3.06. The highest BCUT2D eigenvalue weighted by molar-refractivity contribution is 7.89. The quantitative estimate of drug-likeness (QED) is 0.672. The Hall–Kier alpha value is -2.34. The minimum atomic E-state index is -3.71. The smallest absolute Gasteiger partial charge is 0.277 e. The summed E-state index contributed by atoms with van der Waals surface area (Å²) >= 11 is 0. The topological polar surface area (TPSA) is 78.8 Å². The molecule has 0 amide bonds. The summed E-state index contributed by atoms with van der Waals surface area (Å²) in [5, 5.41) is 13.0. The molecule has 0 radical (unpaired) electrons. The fraction of sp³-hybridized carbons (Fsp3) is 0.188. The lowest BCUT2D eigenvalue weighted by Crippen LogP contribution is -2.20. The third kappa shape index (κ3) is 3.65. The Morgan fingerprint density at radius 1 is 1.05 bits per heavy atom. The minimum Gasteiger partial charge on any atom is -0.508 e. The van der Waals surface area contributed by atoms with Gasteiger partial charge in [-0.1, -0.05) is 17.7 Å². The first kappa shape index (κ1) is 16.0. The minimum absolute atomic E-state index is 0.142. The van der Waals surface area contributed by atoms with Gasteiger partial charge in [0.2, 0.25) is 0 Å². The molecule has 2 rings (SSSR count). The van der Waals surface area contributed by atoms with Gasteiger partial charge >= 0.3 is 0 Å². The van der Waals surface area contributed by atoms with Crippen molar-refractivity contribution in [2.45, 2.75) is 25.7 Å². The van der Waals surface area contributed by atoms with Crippen LogP contribution in [0, 0.1) is 20.8 Å². The lowest BCUT2D eigenvalue weighted by Gasteiger charge is -2.11. The maximum atomic E-state index is 12.4. The van der Waals surface area contributed by atoms with Crippen molar-refractivity contribution in [3.63, 3.8) is 0 Å². The number of sulfonamides is 1. The Labute approximate surface area is 130 Å². The van der Waals surface area contributed by atoms with Crippen LogP contribution >= 0.6 is 0 Å². The van der Waals surface area contributed by atoms with E-state index in [9.17, 15) is 13.5 Å². The fourth-order valence-corrected chi connectivity index (χ4v) is 3.62. The van der Waals surface area contributed by atoms with E-state index < -0.39 is 10.0 Å². The van der Waals surface area contributed by atoms with Gasteiger partial charge < -0.3 is 5.11 Å². The van der Waals surface area contributed by atoms with Gasteiger partial charge in [0.1, 0.15) is 5.75 Å². The van der Waals surface area contributed by atoms with Crippen molar-refractivity contribution in [2.24, 2.45) is 5.10 Å². The number of hydrogen-bond acceptors (Lipinski definition) is 4. The van der Waals surface area contributed by atoms with Gasteiger partial charge in [-0.25, -0.2) is 4.83 Å². The molecule has 0 saturated heterocycles. The van der Waals surface area contributed by atoms with Crippen molar-refractivity contribution in [1.29, 1.82) is 0 Å². The Morgan fingerprint density at radius 2 is 1.59 bits per heavy atom. The summed E-state index contributed by atoms with van der Waals surface area (Å²) < 4.78 is 24.7. The second-order valence-electron chi connectivity index (χ2n) is 5.17. The molecule has 0 atom stereocenters. The number of aryl methyl sites for hydroxylation is 3. The van der Waals surface area contributed by atoms with Crippen LogP contribution in [0.5, 0.6) is 5.75 Å². The van der Waals surface area contributed by atoms with E-state index >= 15 is 0 Å². The first-order valence-electron chi connectivity index (χ1n) is 6.71. The summed E-state index contributed by atoms with van der Waals surface area (Å²) in [6, 6.07) is 9.93. The molecule has 0 bridgehead atoms. The number of hydrogen-bond donors (Lipinski definition) is 2. The highest BCUT2D eigenvalue weighted by Crippen LogP contribution is 2.21. The molecule has 22 heavy (non-hydrogen) atoms. The molecule has 0 aliphatic heterocycles. The molecule has 2 N–H and O–H groups in total. The third-order valence-corrected chi connectivity index (χ3v) is 4.68. The first-order valence-corrected chi connectivity index (χ1v) is 8.19. The average Bonchev–Trinajstić information content (AvgIpc) is 2.39. The van der Waals surface area contributed by atoms with Crippen LogP contribution in [0.25, 0.3) is 0 Å². The Kier molecular flexibility index (Phi) is 4.51. The van der Waals surface area contributed by atoms with E-state index in [1.54, 1.807) is 26.0 Å². The molecule has 0 fully saturated rings. The second kappa shape index (κ2) is 6.19. The zero-order chi connectivity index (χ0) is 16.3. The van der Waals surface area contributed by atoms with E-state index in [0.717, 1.165) is 5.56 Å². The molecule has 0 aliphatic carbocycles. The van der Waals surface area contributed by atoms with Gasteiger partial charge in [-0.3, -0.25) is 0 Å². The van der Waals surface area contributed by atoms with E-state index in [1.165, 1.54) is 18.3 Å². The average molecular weight is 318 g/mol. The zero-order valence-electron chi connectivity index (χ0n) is 12.7. The molecule has 0 aromatic heterocycles. The van der Waals surface area contributed by atoms with Gasteiger partial charge in [0.15, 0.2) is 0 Å². The number of phenolic OH excluding ortho intramolecular Hbond substituents is 1. The monoisotopic (exact) mass is 318 g/mol. The predicted octanol–water partition coefficient (Wildman–Crippen LogP) is 2.63. The van der Waals surface area contributed by atoms with Crippen LogP contribution in [-0.4, -0.2) is 19.7 Å². The highest BCUT2D eigenvalue weighted by Gasteiger charge is 2.18. The fourth-order valence-electron chi connectivity index (χ4n) is 2.37. The zero-order valence-corrected chi connectivity index (χ0v) is 13.5. The number of benzene rings is 2. The molecule has 116 valence electrons. The van der Waals surface area contributed by atoms with Crippen LogP contribution in [-0.2, 0) is 10.0 Å². The summed E-state index contributed by atoms with van der Waals surface area (Å²) in [6.07, 6.45) is 1.38. The number of rotatable bonds is 4. The summed E-state index contributed by atoms with van der Waals surface area (Å²) in [4.78, 5) is 2.47. The van der Waals surface area contributed by atoms with Gasteiger partial charge in [-0.15, -0.1) is 0 Å². The van der Waals surface area contributed by atoms with E-state index in [2.05, 4.69) is 9.93 Å². The van der Waals surface area contributed by atoms with Crippen molar-refractivity contribution < 1.29 is 13.5 Å². The molecule has 5 nitrogen and oxygen atoms in total. The molecule has 0 saturated carbocycles. The number of phenols is 1. The van der Waals surface area contributed by atoms with E-state index in [-0.39, 0.29) is 10.6 Å². The van der Waals surface area contributed by atoms with E-state index in [1.807, 2.05) is 19.1 Å². The maximum absolute atomic E-state index is 12.4. The summed E-state index contributed by atoms with van der Waals surface area (Å²) in [6.45, 7) is 5.45. The van der Waals surface area contributed by atoms with Gasteiger partial charge in [0, 0.05) is 0 Å². The van der Waals surface area contributed by atoms with Gasteiger partial charge in [0.05, 0.1) is 11.1 Å². The first-order chi connectivity index (χ1) is 10.3. The van der Waals surface area contributed by atoms with Crippen LogP contribution in [0.2, 0.25) is 0 Å². The highest BCUT2D eigenvalue weighted by atomic mass is 32.2. The van der Waals surface area contributed by atoms with Crippen LogP contribution in [0.3, 0.4) is 0 Å². The van der Waals surface area contributed by atoms with Gasteiger partial charge in [-0.2, -0.15) is 13.5 Å². The Morgan fingerprint density at radius 3 is 2.14 bits per heavy atom. The number of nitrogens with one attached hydrogen (secondary N) is 1. The van der Waals surface area contributed by atoms with Gasteiger partial charge in [0.25, 0.3) is 10.0 Å². The van der Waals surface area contributed by atoms with E-state index in [4.69, 9.17) is 0 Å². The lowest BCUT2D eigenvalue weighted by atomic mass is 10.1.